The highest BCUT2D eigenvalue weighted by Gasteiger charge is 2.00. The van der Waals surface area contributed by atoms with Gasteiger partial charge in [-0.25, -0.2) is 8.42 Å². The lowest BCUT2D eigenvalue weighted by atomic mass is 10.2. The van der Waals surface area contributed by atoms with Crippen molar-refractivity contribution in [1.29, 1.82) is 0 Å². The average Bonchev–Trinajstić information content (AvgIpc) is 2.02. The van der Waals surface area contributed by atoms with E-state index >= 15 is 0 Å². The summed E-state index contributed by atoms with van der Waals surface area (Å²) >= 11 is 0. The number of nitrogens with zero attached hydrogens (tertiary/aromatic N) is 1. The molecular weight excluding hydrogens is 200 g/mol. The quantitative estimate of drug-likeness (QED) is 0.763. The molecule has 1 N–H and O–H groups in total. The van der Waals surface area contributed by atoms with Crippen molar-refractivity contribution in [3.8, 4) is 0 Å². The third-order valence-electron chi connectivity index (χ3n) is 1.47. The summed E-state index contributed by atoms with van der Waals surface area (Å²) < 4.78 is 24.2. The van der Waals surface area contributed by atoms with Crippen LogP contribution in [0.15, 0.2) is 29.3 Å². The zero-order valence-corrected chi connectivity index (χ0v) is 8.88. The first-order chi connectivity index (χ1) is 6.51. The molecule has 0 aliphatic heterocycles. The standard InChI is InChI=1S/C9H12N2O2S/c1-10-7-8-4-3-5-9(6-8)11-14(2,12)13/h3-7,11H,1-2H3. The van der Waals surface area contributed by atoms with Crippen molar-refractivity contribution >= 4 is 21.9 Å². The fourth-order valence-electron chi connectivity index (χ4n) is 1.05. The monoisotopic (exact) mass is 212 g/mol. The molecule has 0 heterocycles. The van der Waals surface area contributed by atoms with Crippen LogP contribution in [0.1, 0.15) is 5.56 Å². The molecule has 0 aliphatic carbocycles. The Hall–Kier alpha value is -1.36. The van der Waals surface area contributed by atoms with E-state index in [0.29, 0.717) is 5.69 Å². The largest absolute Gasteiger partial charge is 0.296 e. The van der Waals surface area contributed by atoms with Gasteiger partial charge in [0, 0.05) is 18.9 Å². The normalized spacial score (nSPS) is 11.9. The van der Waals surface area contributed by atoms with Crippen molar-refractivity contribution in [2.75, 3.05) is 18.0 Å². The van der Waals surface area contributed by atoms with E-state index in [1.807, 2.05) is 6.07 Å². The minimum absolute atomic E-state index is 0.546. The number of rotatable bonds is 3. The second kappa shape index (κ2) is 4.23. The molecule has 1 aromatic rings. The van der Waals surface area contributed by atoms with E-state index in [1.165, 1.54) is 0 Å². The lowest BCUT2D eigenvalue weighted by Gasteiger charge is -2.03. The predicted octanol–water partition coefficient (Wildman–Crippen LogP) is 1.11. The fourth-order valence-corrected chi connectivity index (χ4v) is 1.60. The minimum atomic E-state index is -3.20. The Labute approximate surface area is 83.7 Å². The summed E-state index contributed by atoms with van der Waals surface area (Å²) in [5.74, 6) is 0. The van der Waals surface area contributed by atoms with Crippen LogP contribution in [0.4, 0.5) is 5.69 Å². The van der Waals surface area contributed by atoms with Crippen molar-refractivity contribution in [2.45, 2.75) is 0 Å². The zero-order valence-electron chi connectivity index (χ0n) is 8.06. The number of nitrogens with one attached hydrogen (secondary N) is 1. The first-order valence-electron chi connectivity index (χ1n) is 4.01. The molecule has 4 nitrogen and oxygen atoms in total. The molecule has 1 aromatic carbocycles. The van der Waals surface area contributed by atoms with Crippen LogP contribution in [0, 0.1) is 0 Å². The highest BCUT2D eigenvalue weighted by atomic mass is 32.2. The molecule has 1 rings (SSSR count). The predicted molar refractivity (Wildman–Crippen MR) is 58.4 cm³/mol. The molecule has 0 amide bonds. The smallest absolute Gasteiger partial charge is 0.229 e. The first kappa shape index (κ1) is 10.7. The molecule has 0 unspecified atom stereocenters. The van der Waals surface area contributed by atoms with Crippen LogP contribution in [-0.4, -0.2) is 27.9 Å². The van der Waals surface area contributed by atoms with Crippen LogP contribution >= 0.6 is 0 Å². The molecule has 76 valence electrons. The van der Waals surface area contributed by atoms with E-state index in [4.69, 9.17) is 0 Å². The van der Waals surface area contributed by atoms with Gasteiger partial charge in [-0.3, -0.25) is 9.71 Å². The van der Waals surface area contributed by atoms with E-state index in [-0.39, 0.29) is 0 Å². The van der Waals surface area contributed by atoms with Gasteiger partial charge in [-0.15, -0.1) is 0 Å². The molecule has 0 aliphatic rings. The molecule has 14 heavy (non-hydrogen) atoms. The number of aliphatic imine (C=N–C) groups is 1. The van der Waals surface area contributed by atoms with Crippen LogP contribution in [0.25, 0.3) is 0 Å². The van der Waals surface area contributed by atoms with Crippen molar-refractivity contribution in [3.63, 3.8) is 0 Å². The topological polar surface area (TPSA) is 58.5 Å². The lowest BCUT2D eigenvalue weighted by Crippen LogP contribution is -2.09. The summed E-state index contributed by atoms with van der Waals surface area (Å²) in [5.41, 5.74) is 1.41. The second-order valence-corrected chi connectivity index (χ2v) is 4.64. The molecule has 0 bridgehead atoms. The molecule has 0 radical (unpaired) electrons. The zero-order chi connectivity index (χ0) is 10.6. The second-order valence-electron chi connectivity index (χ2n) is 2.89. The van der Waals surface area contributed by atoms with Gasteiger partial charge in [0.2, 0.25) is 10.0 Å². The van der Waals surface area contributed by atoms with E-state index in [0.717, 1.165) is 11.8 Å². The summed E-state index contributed by atoms with van der Waals surface area (Å²) in [5, 5.41) is 0. The Kier molecular flexibility index (Phi) is 3.24. The van der Waals surface area contributed by atoms with Gasteiger partial charge in [0.25, 0.3) is 0 Å². The maximum Gasteiger partial charge on any atom is 0.229 e. The molecule has 0 aromatic heterocycles. The van der Waals surface area contributed by atoms with Crippen LogP contribution < -0.4 is 4.72 Å². The third-order valence-corrected chi connectivity index (χ3v) is 2.07. The summed E-state index contributed by atoms with van der Waals surface area (Å²) in [7, 11) is -1.54. The molecule has 0 fully saturated rings. The number of benzene rings is 1. The Balaban J connectivity index is 2.95. The van der Waals surface area contributed by atoms with Crippen molar-refractivity contribution < 1.29 is 8.42 Å². The van der Waals surface area contributed by atoms with E-state index in [9.17, 15) is 8.42 Å². The Morgan fingerprint density at radius 1 is 1.43 bits per heavy atom. The first-order valence-corrected chi connectivity index (χ1v) is 5.90. The van der Waals surface area contributed by atoms with Crippen LogP contribution in [0.2, 0.25) is 0 Å². The van der Waals surface area contributed by atoms with Crippen LogP contribution in [0.3, 0.4) is 0 Å². The highest BCUT2D eigenvalue weighted by molar-refractivity contribution is 7.92. The highest BCUT2D eigenvalue weighted by Crippen LogP contribution is 2.10. The number of hydrogen-bond donors (Lipinski definition) is 1. The van der Waals surface area contributed by atoms with Gasteiger partial charge in [-0.1, -0.05) is 12.1 Å². The van der Waals surface area contributed by atoms with Gasteiger partial charge in [0.15, 0.2) is 0 Å². The van der Waals surface area contributed by atoms with Crippen molar-refractivity contribution in [3.05, 3.63) is 29.8 Å². The number of anilines is 1. The van der Waals surface area contributed by atoms with E-state index in [2.05, 4.69) is 9.71 Å². The fraction of sp³-hybridized carbons (Fsp3) is 0.222. The number of hydrogen-bond acceptors (Lipinski definition) is 3. The van der Waals surface area contributed by atoms with Crippen molar-refractivity contribution in [1.82, 2.24) is 0 Å². The lowest BCUT2D eigenvalue weighted by molar-refractivity contribution is 0.607. The van der Waals surface area contributed by atoms with Gasteiger partial charge in [0.05, 0.1) is 6.26 Å². The Morgan fingerprint density at radius 3 is 2.71 bits per heavy atom. The Bertz CT molecular complexity index is 438. The maximum atomic E-state index is 10.9. The van der Waals surface area contributed by atoms with Gasteiger partial charge < -0.3 is 0 Å². The number of sulfonamides is 1. The summed E-state index contributed by atoms with van der Waals surface area (Å²) in [4.78, 5) is 3.84. The molecule has 0 spiro atoms. The van der Waals surface area contributed by atoms with E-state index in [1.54, 1.807) is 31.5 Å². The summed E-state index contributed by atoms with van der Waals surface area (Å²) in [6, 6.07) is 7.02. The molecule has 0 saturated heterocycles. The van der Waals surface area contributed by atoms with Crippen LogP contribution in [-0.2, 0) is 10.0 Å². The van der Waals surface area contributed by atoms with Gasteiger partial charge in [-0.2, -0.15) is 0 Å². The van der Waals surface area contributed by atoms with Gasteiger partial charge in [0.1, 0.15) is 0 Å². The third kappa shape index (κ3) is 3.57. The average molecular weight is 212 g/mol. The van der Waals surface area contributed by atoms with Gasteiger partial charge in [-0.05, 0) is 17.7 Å². The van der Waals surface area contributed by atoms with E-state index < -0.39 is 10.0 Å². The van der Waals surface area contributed by atoms with Crippen LogP contribution in [0.5, 0.6) is 0 Å². The molecule has 0 saturated carbocycles. The molecular formula is C9H12N2O2S. The maximum absolute atomic E-state index is 10.9. The Morgan fingerprint density at radius 2 is 2.14 bits per heavy atom. The molecule has 5 heteroatoms. The summed E-state index contributed by atoms with van der Waals surface area (Å²) in [6.45, 7) is 0. The van der Waals surface area contributed by atoms with Gasteiger partial charge >= 0.3 is 0 Å². The van der Waals surface area contributed by atoms with Crippen molar-refractivity contribution in [2.24, 2.45) is 4.99 Å². The molecule has 0 atom stereocenters. The minimum Gasteiger partial charge on any atom is -0.296 e. The summed E-state index contributed by atoms with van der Waals surface area (Å²) in [6.07, 6.45) is 2.78. The SMILES string of the molecule is CN=Cc1cccc(NS(C)(=O)=O)c1.